The second kappa shape index (κ2) is 11.3. The van der Waals surface area contributed by atoms with E-state index in [0.29, 0.717) is 0 Å². The summed E-state index contributed by atoms with van der Waals surface area (Å²) in [5.41, 5.74) is 8.56. The van der Waals surface area contributed by atoms with E-state index in [2.05, 4.69) is 55.4 Å². The van der Waals surface area contributed by atoms with Gasteiger partial charge in [0, 0.05) is 5.56 Å². The number of benzene rings is 4. The largest absolute Gasteiger partial charge is 0.478 e. The standard InChI is InChI=1S/C42H40O6Si/c1-49(2,3)21-20-28-4-12-32(13-5-28)39-22-40(33-14-6-29(7-15-33)36(43)44)25-41(23-39,34-16-8-30(9-17-34)37(45)46)27-42(24-39,26-40)35-18-10-31(11-19-35)38(47)48/h4-19H,22-27H2,1-3H3,(H,43,44)(H,45,46)(H,47,48). The lowest BCUT2D eigenvalue weighted by atomic mass is 9.32. The van der Waals surface area contributed by atoms with Crippen LogP contribution in [0.5, 0.6) is 0 Å². The summed E-state index contributed by atoms with van der Waals surface area (Å²) in [6, 6.07) is 30.9. The molecule has 4 aromatic carbocycles. The summed E-state index contributed by atoms with van der Waals surface area (Å²) in [7, 11) is -1.56. The minimum atomic E-state index is -1.56. The molecule has 0 aromatic heterocycles. The number of rotatable bonds is 7. The quantitative estimate of drug-likeness (QED) is 0.135. The third-order valence-corrected chi connectivity index (χ3v) is 12.2. The molecule has 0 radical (unpaired) electrons. The van der Waals surface area contributed by atoms with Gasteiger partial charge in [0.2, 0.25) is 0 Å². The average molecular weight is 669 g/mol. The first-order valence-corrected chi connectivity index (χ1v) is 20.3. The van der Waals surface area contributed by atoms with Crippen molar-refractivity contribution in [2.75, 3.05) is 0 Å². The fourth-order valence-corrected chi connectivity index (χ4v) is 10.4. The van der Waals surface area contributed by atoms with Crippen LogP contribution in [0.3, 0.4) is 0 Å². The molecule has 0 spiro atoms. The second-order valence-electron chi connectivity index (χ2n) is 15.9. The van der Waals surface area contributed by atoms with Crippen LogP contribution < -0.4 is 0 Å². The molecule has 248 valence electrons. The van der Waals surface area contributed by atoms with Crippen LogP contribution in [0.1, 0.15) is 97.4 Å². The Morgan fingerprint density at radius 3 is 0.939 bits per heavy atom. The molecule has 0 heterocycles. The lowest BCUT2D eigenvalue weighted by Gasteiger charge is -2.71. The van der Waals surface area contributed by atoms with Gasteiger partial charge >= 0.3 is 17.9 Å². The van der Waals surface area contributed by atoms with Crippen LogP contribution in [0.25, 0.3) is 0 Å². The summed E-state index contributed by atoms with van der Waals surface area (Å²) in [5.74, 6) is 0.510. The summed E-state index contributed by atoms with van der Waals surface area (Å²) in [4.78, 5) is 35.6. The maximum absolute atomic E-state index is 11.9. The molecular weight excluding hydrogens is 629 g/mol. The fraction of sp³-hybridized carbons (Fsp3) is 0.310. The van der Waals surface area contributed by atoms with Gasteiger partial charge in [0.25, 0.3) is 0 Å². The number of aromatic carboxylic acids is 3. The van der Waals surface area contributed by atoms with E-state index in [-0.39, 0.29) is 38.4 Å². The molecule has 4 aliphatic carbocycles. The Kier molecular flexibility index (Phi) is 7.53. The Bertz CT molecular complexity index is 1840. The van der Waals surface area contributed by atoms with Crippen LogP contribution in [0.2, 0.25) is 19.6 Å². The molecule has 3 N–H and O–H groups in total. The molecule has 4 bridgehead atoms. The first-order valence-electron chi connectivity index (χ1n) is 16.8. The summed E-state index contributed by atoms with van der Waals surface area (Å²) in [6.07, 6.45) is 5.18. The summed E-state index contributed by atoms with van der Waals surface area (Å²) >= 11 is 0. The van der Waals surface area contributed by atoms with Crippen molar-refractivity contribution in [1.82, 2.24) is 0 Å². The molecule has 0 unspecified atom stereocenters. The first kappa shape index (κ1) is 32.6. The highest BCUT2D eigenvalue weighted by molar-refractivity contribution is 6.83. The Hall–Kier alpha value is -4.93. The van der Waals surface area contributed by atoms with E-state index in [0.717, 1.165) is 60.8 Å². The lowest BCUT2D eigenvalue weighted by molar-refractivity contribution is -0.0692. The number of carboxylic acid groups (broad SMARTS) is 3. The summed E-state index contributed by atoms with van der Waals surface area (Å²) < 4.78 is 0. The van der Waals surface area contributed by atoms with Gasteiger partial charge in [-0.3, -0.25) is 0 Å². The van der Waals surface area contributed by atoms with E-state index >= 15 is 0 Å². The SMILES string of the molecule is C[Si](C)(C)C#Cc1ccc(C23CC4(c5ccc(C(=O)O)cc5)CC(c5ccc(C(=O)O)cc5)(C2)CC(c2ccc(C(=O)O)cc2)(C3)C4)cc1. The molecule has 0 atom stereocenters. The van der Waals surface area contributed by atoms with Gasteiger partial charge in [0.15, 0.2) is 0 Å². The van der Waals surface area contributed by atoms with Crippen molar-refractivity contribution in [3.63, 3.8) is 0 Å². The van der Waals surface area contributed by atoms with Crippen molar-refractivity contribution >= 4 is 26.0 Å². The van der Waals surface area contributed by atoms with E-state index in [1.54, 1.807) is 36.4 Å². The predicted octanol–water partition coefficient (Wildman–Crippen LogP) is 8.44. The van der Waals surface area contributed by atoms with E-state index < -0.39 is 26.0 Å². The topological polar surface area (TPSA) is 112 Å². The molecule has 0 amide bonds. The Morgan fingerprint density at radius 2 is 0.714 bits per heavy atom. The van der Waals surface area contributed by atoms with Crippen LogP contribution in [0.15, 0.2) is 97.1 Å². The van der Waals surface area contributed by atoms with Crippen molar-refractivity contribution < 1.29 is 29.7 Å². The van der Waals surface area contributed by atoms with Crippen molar-refractivity contribution in [3.8, 4) is 11.5 Å². The molecule has 6 nitrogen and oxygen atoms in total. The number of carboxylic acids is 3. The van der Waals surface area contributed by atoms with Gasteiger partial charge < -0.3 is 15.3 Å². The molecule has 49 heavy (non-hydrogen) atoms. The minimum absolute atomic E-state index is 0.246. The summed E-state index contributed by atoms with van der Waals surface area (Å²) in [6.45, 7) is 6.70. The molecule has 7 heteroatoms. The average Bonchev–Trinajstić information content (AvgIpc) is 3.07. The van der Waals surface area contributed by atoms with Gasteiger partial charge in [-0.1, -0.05) is 74.1 Å². The molecule has 4 aliphatic rings. The van der Waals surface area contributed by atoms with E-state index in [1.807, 2.05) is 36.4 Å². The molecule has 8 rings (SSSR count). The van der Waals surface area contributed by atoms with Gasteiger partial charge in [0.05, 0.1) is 16.7 Å². The van der Waals surface area contributed by atoms with Crippen LogP contribution in [-0.4, -0.2) is 41.3 Å². The molecule has 4 aromatic rings. The van der Waals surface area contributed by atoms with E-state index in [4.69, 9.17) is 0 Å². The third-order valence-electron chi connectivity index (χ3n) is 11.4. The van der Waals surface area contributed by atoms with E-state index in [1.165, 1.54) is 5.56 Å². The van der Waals surface area contributed by atoms with Gasteiger partial charge in [-0.15, -0.1) is 5.54 Å². The molecule has 4 fully saturated rings. The van der Waals surface area contributed by atoms with Crippen LogP contribution in [0.4, 0.5) is 0 Å². The molecule has 0 aliphatic heterocycles. The van der Waals surface area contributed by atoms with Crippen molar-refractivity contribution in [1.29, 1.82) is 0 Å². The zero-order valence-electron chi connectivity index (χ0n) is 28.0. The smallest absolute Gasteiger partial charge is 0.335 e. The second-order valence-corrected chi connectivity index (χ2v) is 20.7. The zero-order chi connectivity index (χ0) is 34.8. The van der Waals surface area contributed by atoms with Crippen LogP contribution in [0, 0.1) is 11.5 Å². The lowest BCUT2D eigenvalue weighted by Crippen LogP contribution is -2.67. The Morgan fingerprint density at radius 1 is 0.469 bits per heavy atom. The Balaban J connectivity index is 1.45. The van der Waals surface area contributed by atoms with Crippen molar-refractivity contribution in [2.45, 2.75) is 79.8 Å². The van der Waals surface area contributed by atoms with Gasteiger partial charge in [-0.2, -0.15) is 0 Å². The highest BCUT2D eigenvalue weighted by Crippen LogP contribution is 2.74. The first-order chi connectivity index (χ1) is 23.2. The number of carbonyl (C=O) groups is 3. The highest BCUT2D eigenvalue weighted by atomic mass is 28.3. The van der Waals surface area contributed by atoms with Crippen LogP contribution in [-0.2, 0) is 21.7 Å². The molecule has 4 saturated carbocycles. The third kappa shape index (κ3) is 5.68. The molecule has 0 saturated heterocycles. The Labute approximate surface area is 287 Å². The monoisotopic (exact) mass is 668 g/mol. The van der Waals surface area contributed by atoms with Crippen molar-refractivity contribution in [2.24, 2.45) is 0 Å². The predicted molar refractivity (Wildman–Crippen MR) is 191 cm³/mol. The maximum Gasteiger partial charge on any atom is 0.335 e. The fourth-order valence-electron chi connectivity index (χ4n) is 9.93. The van der Waals surface area contributed by atoms with Gasteiger partial charge in [0.1, 0.15) is 8.07 Å². The number of hydrogen-bond acceptors (Lipinski definition) is 3. The minimum Gasteiger partial charge on any atom is -0.478 e. The van der Waals surface area contributed by atoms with E-state index in [9.17, 15) is 29.7 Å². The number of hydrogen-bond donors (Lipinski definition) is 3. The van der Waals surface area contributed by atoms with Crippen molar-refractivity contribution in [3.05, 3.63) is 142 Å². The zero-order valence-corrected chi connectivity index (χ0v) is 29.0. The van der Waals surface area contributed by atoms with Gasteiger partial charge in [-0.05, 0) is 131 Å². The molecular formula is C42H40O6Si. The van der Waals surface area contributed by atoms with Crippen LogP contribution >= 0.6 is 0 Å². The summed E-state index contributed by atoms with van der Waals surface area (Å²) in [5, 5.41) is 29.1. The normalized spacial score (nSPS) is 26.8. The maximum atomic E-state index is 11.9. The van der Waals surface area contributed by atoms with Gasteiger partial charge in [-0.25, -0.2) is 14.4 Å². The highest BCUT2D eigenvalue weighted by Gasteiger charge is 2.69.